The Morgan fingerprint density at radius 1 is 1.26 bits per heavy atom. The van der Waals surface area contributed by atoms with Gasteiger partial charge in [0.25, 0.3) is 5.91 Å². The van der Waals surface area contributed by atoms with Crippen LogP contribution < -0.4 is 16.0 Å². The van der Waals surface area contributed by atoms with E-state index in [0.717, 1.165) is 49.6 Å². The van der Waals surface area contributed by atoms with E-state index in [9.17, 15) is 9.59 Å². The average molecular weight is 543 g/mol. The molecule has 3 rings (SSSR count). The van der Waals surface area contributed by atoms with Crippen LogP contribution in [-0.2, 0) is 20.9 Å². The predicted molar refractivity (Wildman–Crippen MR) is 133 cm³/mol. The van der Waals surface area contributed by atoms with Crippen molar-refractivity contribution in [2.24, 2.45) is 4.99 Å². The summed E-state index contributed by atoms with van der Waals surface area (Å²) in [6.45, 7) is 7.32. The maximum atomic E-state index is 12.3. The second kappa shape index (κ2) is 12.8. The van der Waals surface area contributed by atoms with Gasteiger partial charge in [-0.15, -0.1) is 24.0 Å². The molecule has 2 heterocycles. The van der Waals surface area contributed by atoms with Crippen molar-refractivity contribution >= 4 is 47.4 Å². The van der Waals surface area contributed by atoms with Gasteiger partial charge in [0.2, 0.25) is 5.91 Å². The van der Waals surface area contributed by atoms with Crippen LogP contribution in [0.2, 0.25) is 0 Å². The van der Waals surface area contributed by atoms with Crippen molar-refractivity contribution in [2.45, 2.75) is 58.2 Å². The van der Waals surface area contributed by atoms with Gasteiger partial charge < -0.3 is 25.6 Å². The molecule has 3 N–H and O–H groups in total. The number of nitrogens with one attached hydrogen (secondary N) is 3. The molecule has 2 amide bonds. The molecule has 2 atom stereocenters. The van der Waals surface area contributed by atoms with E-state index in [4.69, 9.17) is 4.74 Å². The van der Waals surface area contributed by atoms with Gasteiger partial charge in [0.1, 0.15) is 6.10 Å². The summed E-state index contributed by atoms with van der Waals surface area (Å²) in [4.78, 5) is 30.7. The number of likely N-dealkylation sites (tertiary alicyclic amines) is 1. The average Bonchev–Trinajstić information content (AvgIpc) is 3.44. The van der Waals surface area contributed by atoms with E-state index in [1.54, 1.807) is 0 Å². The number of nitrogens with zero attached hydrogens (tertiary/aromatic N) is 2. The van der Waals surface area contributed by atoms with Crippen molar-refractivity contribution in [3.63, 3.8) is 0 Å². The number of benzene rings is 1. The topological polar surface area (TPSA) is 95.1 Å². The van der Waals surface area contributed by atoms with Gasteiger partial charge in [0, 0.05) is 44.4 Å². The van der Waals surface area contributed by atoms with E-state index in [1.165, 1.54) is 0 Å². The molecule has 2 saturated heterocycles. The molecular weight excluding hydrogens is 509 g/mol. The Bertz CT molecular complexity index is 767. The van der Waals surface area contributed by atoms with Crippen molar-refractivity contribution in [1.29, 1.82) is 0 Å². The molecule has 8 nitrogen and oxygen atoms in total. The van der Waals surface area contributed by atoms with Gasteiger partial charge >= 0.3 is 0 Å². The van der Waals surface area contributed by atoms with Crippen molar-refractivity contribution in [3.8, 4) is 0 Å². The summed E-state index contributed by atoms with van der Waals surface area (Å²) >= 11 is 0. The minimum absolute atomic E-state index is 0. The first-order valence-corrected chi connectivity index (χ1v) is 10.9. The highest BCUT2D eigenvalue weighted by Crippen LogP contribution is 2.17. The molecule has 0 radical (unpaired) electrons. The number of aliphatic imine (C=N–C) groups is 1. The van der Waals surface area contributed by atoms with Crippen LogP contribution in [0, 0.1) is 0 Å². The molecule has 0 saturated carbocycles. The summed E-state index contributed by atoms with van der Waals surface area (Å²) in [5.74, 6) is 0.848. The van der Waals surface area contributed by atoms with Gasteiger partial charge in [-0.1, -0.05) is 19.1 Å². The Morgan fingerprint density at radius 2 is 2.10 bits per heavy atom. The summed E-state index contributed by atoms with van der Waals surface area (Å²) in [6, 6.07) is 7.93. The van der Waals surface area contributed by atoms with Gasteiger partial charge in [-0.3, -0.25) is 9.59 Å². The largest absolute Gasteiger partial charge is 0.368 e. The number of anilines is 1. The molecule has 2 fully saturated rings. The van der Waals surface area contributed by atoms with E-state index >= 15 is 0 Å². The number of carbonyl (C=O) groups excluding carboxylic acids is 2. The molecule has 0 bridgehead atoms. The highest BCUT2D eigenvalue weighted by Gasteiger charge is 2.26. The second-order valence-electron chi connectivity index (χ2n) is 7.71. The van der Waals surface area contributed by atoms with Crippen LogP contribution >= 0.6 is 24.0 Å². The van der Waals surface area contributed by atoms with Crippen molar-refractivity contribution in [2.75, 3.05) is 31.6 Å². The molecule has 1 aromatic carbocycles. The first kappa shape index (κ1) is 25.4. The van der Waals surface area contributed by atoms with Gasteiger partial charge in [-0.2, -0.15) is 0 Å². The lowest BCUT2D eigenvalue weighted by Gasteiger charge is -2.18. The monoisotopic (exact) mass is 543 g/mol. The zero-order valence-electron chi connectivity index (χ0n) is 18.4. The van der Waals surface area contributed by atoms with E-state index in [1.807, 2.05) is 43.0 Å². The Hall–Kier alpha value is -1.88. The third-order valence-corrected chi connectivity index (χ3v) is 5.36. The molecule has 31 heavy (non-hydrogen) atoms. The number of hydrogen-bond acceptors (Lipinski definition) is 4. The number of amides is 2. The van der Waals surface area contributed by atoms with Crippen LogP contribution in [0.1, 0.15) is 45.1 Å². The SMILES string of the molecule is CCNC(=NCc1cccc(NC(=O)C2CCCO2)c1)NC1CCN(C(=O)CC)C1.I. The fourth-order valence-corrected chi connectivity index (χ4v) is 3.77. The van der Waals surface area contributed by atoms with Gasteiger partial charge in [0.15, 0.2) is 5.96 Å². The first-order chi connectivity index (χ1) is 14.6. The number of hydrogen-bond donors (Lipinski definition) is 3. The van der Waals surface area contributed by atoms with Crippen LogP contribution in [0.15, 0.2) is 29.3 Å². The third kappa shape index (κ3) is 7.64. The molecule has 0 aromatic heterocycles. The highest BCUT2D eigenvalue weighted by molar-refractivity contribution is 14.0. The molecule has 2 unspecified atom stereocenters. The minimum atomic E-state index is -0.346. The molecule has 1 aromatic rings. The van der Waals surface area contributed by atoms with Gasteiger partial charge in [-0.05, 0) is 43.9 Å². The van der Waals surface area contributed by atoms with Crippen LogP contribution in [0.25, 0.3) is 0 Å². The number of rotatable bonds is 7. The fourth-order valence-electron chi connectivity index (χ4n) is 3.77. The molecule has 2 aliphatic rings. The molecular formula is C22H34IN5O3. The molecule has 172 valence electrons. The number of ether oxygens (including phenoxy) is 1. The number of halogens is 1. The third-order valence-electron chi connectivity index (χ3n) is 5.36. The summed E-state index contributed by atoms with van der Waals surface area (Å²) in [6.07, 6.45) is 2.82. The standard InChI is InChI=1S/C22H33N5O3.HI/c1-3-20(28)27-11-10-18(15-27)26-22(23-4-2)24-14-16-7-5-8-17(13-16)25-21(29)19-9-6-12-30-19;/h5,7-8,13,18-19H,3-4,6,9-12,14-15H2,1-2H3,(H,25,29)(H2,23,24,26);1H. The first-order valence-electron chi connectivity index (χ1n) is 10.9. The van der Waals surface area contributed by atoms with Crippen molar-refractivity contribution < 1.29 is 14.3 Å². The van der Waals surface area contributed by atoms with Crippen LogP contribution in [0.4, 0.5) is 5.69 Å². The lowest BCUT2D eigenvalue weighted by Crippen LogP contribution is -2.45. The molecule has 0 spiro atoms. The lowest BCUT2D eigenvalue weighted by atomic mass is 10.2. The fraction of sp³-hybridized carbons (Fsp3) is 0.591. The zero-order chi connectivity index (χ0) is 21.3. The molecule has 0 aliphatic carbocycles. The number of guanidine groups is 1. The zero-order valence-corrected chi connectivity index (χ0v) is 20.7. The summed E-state index contributed by atoms with van der Waals surface area (Å²) in [5, 5.41) is 9.65. The highest BCUT2D eigenvalue weighted by atomic mass is 127. The Balaban J connectivity index is 0.00000341. The molecule has 9 heteroatoms. The lowest BCUT2D eigenvalue weighted by molar-refractivity contribution is -0.129. The van der Waals surface area contributed by atoms with Crippen molar-refractivity contribution in [1.82, 2.24) is 15.5 Å². The van der Waals surface area contributed by atoms with Gasteiger partial charge in [-0.25, -0.2) is 4.99 Å². The Kier molecular flexibility index (Phi) is 10.5. The van der Waals surface area contributed by atoms with E-state index < -0.39 is 0 Å². The minimum Gasteiger partial charge on any atom is -0.368 e. The van der Waals surface area contributed by atoms with Crippen molar-refractivity contribution in [3.05, 3.63) is 29.8 Å². The van der Waals surface area contributed by atoms with Crippen LogP contribution in [-0.4, -0.2) is 61.1 Å². The van der Waals surface area contributed by atoms with Crippen LogP contribution in [0.3, 0.4) is 0 Å². The summed E-state index contributed by atoms with van der Waals surface area (Å²) in [5.41, 5.74) is 1.76. The smallest absolute Gasteiger partial charge is 0.253 e. The van der Waals surface area contributed by atoms with E-state index in [2.05, 4.69) is 20.9 Å². The van der Waals surface area contributed by atoms with E-state index in [0.29, 0.717) is 26.1 Å². The quantitative estimate of drug-likeness (QED) is 0.279. The maximum Gasteiger partial charge on any atom is 0.253 e. The summed E-state index contributed by atoms with van der Waals surface area (Å²) < 4.78 is 5.44. The Morgan fingerprint density at radius 3 is 2.81 bits per heavy atom. The van der Waals surface area contributed by atoms with E-state index in [-0.39, 0.29) is 47.9 Å². The summed E-state index contributed by atoms with van der Waals surface area (Å²) in [7, 11) is 0. The maximum absolute atomic E-state index is 12.3. The Labute approximate surface area is 201 Å². The molecule has 2 aliphatic heterocycles. The van der Waals surface area contributed by atoms with Crippen LogP contribution in [0.5, 0.6) is 0 Å². The second-order valence-corrected chi connectivity index (χ2v) is 7.71. The predicted octanol–water partition coefficient (Wildman–Crippen LogP) is 2.49. The number of carbonyl (C=O) groups is 2. The van der Waals surface area contributed by atoms with Gasteiger partial charge in [0.05, 0.1) is 6.54 Å². The normalized spacial score (nSPS) is 20.8.